The van der Waals surface area contributed by atoms with Crippen molar-refractivity contribution in [1.29, 1.82) is 0 Å². The molecule has 0 rings (SSSR count). The van der Waals surface area contributed by atoms with Crippen LogP contribution in [0, 0.1) is 0 Å². The van der Waals surface area contributed by atoms with Gasteiger partial charge < -0.3 is 4.74 Å². The molecule has 0 radical (unpaired) electrons. The van der Waals surface area contributed by atoms with Crippen LogP contribution in [0.15, 0.2) is 0 Å². The number of hydrogen-bond donors (Lipinski definition) is 0. The fourth-order valence-electron chi connectivity index (χ4n) is 1.56. The third kappa shape index (κ3) is 5.70. The van der Waals surface area contributed by atoms with Crippen molar-refractivity contribution in [2.75, 3.05) is 13.2 Å². The van der Waals surface area contributed by atoms with E-state index in [-0.39, 0.29) is 12.2 Å². The Balaban J connectivity index is 4.53. The molecule has 0 heterocycles. The van der Waals surface area contributed by atoms with Gasteiger partial charge in [0.15, 0.2) is 5.78 Å². The van der Waals surface area contributed by atoms with Crippen LogP contribution in [0.3, 0.4) is 0 Å². The second-order valence-corrected chi connectivity index (χ2v) is 4.49. The maximum Gasteiger partial charge on any atom is 0.381 e. The summed E-state index contributed by atoms with van der Waals surface area (Å²) in [6, 6.07) is 0. The first-order chi connectivity index (χ1) is 9.05. The number of ketones is 1. The summed E-state index contributed by atoms with van der Waals surface area (Å²) < 4.78 is 5.50. The fraction of sp³-hybridized carbons (Fsp3) is 0.857. The van der Waals surface area contributed by atoms with E-state index in [9.17, 15) is 9.59 Å². The first-order valence-corrected chi connectivity index (χ1v) is 7.04. The molecule has 0 fully saturated rings. The van der Waals surface area contributed by atoms with E-state index in [0.717, 1.165) is 25.7 Å². The molecule has 0 aromatic rings. The van der Waals surface area contributed by atoms with Gasteiger partial charge in [-0.1, -0.05) is 33.6 Å². The monoisotopic (exact) mass is 274 g/mol. The van der Waals surface area contributed by atoms with Crippen molar-refractivity contribution in [3.63, 3.8) is 0 Å². The number of rotatable bonds is 11. The van der Waals surface area contributed by atoms with Gasteiger partial charge in [0.2, 0.25) is 5.60 Å². The van der Waals surface area contributed by atoms with E-state index in [4.69, 9.17) is 14.5 Å². The summed E-state index contributed by atoms with van der Waals surface area (Å²) in [7, 11) is 0. The molecule has 1 atom stereocenters. The maximum atomic E-state index is 12.0. The highest BCUT2D eigenvalue weighted by Crippen LogP contribution is 2.21. The van der Waals surface area contributed by atoms with E-state index >= 15 is 0 Å². The second-order valence-electron chi connectivity index (χ2n) is 4.49. The van der Waals surface area contributed by atoms with Gasteiger partial charge in [0.25, 0.3) is 0 Å². The van der Waals surface area contributed by atoms with Gasteiger partial charge in [0.05, 0.1) is 6.61 Å². The minimum atomic E-state index is -1.53. The average molecular weight is 274 g/mol. The molecule has 0 aromatic heterocycles. The van der Waals surface area contributed by atoms with Crippen molar-refractivity contribution in [3.8, 4) is 0 Å². The summed E-state index contributed by atoms with van der Waals surface area (Å²) >= 11 is 0. The van der Waals surface area contributed by atoms with Crippen LogP contribution in [0.25, 0.3) is 0 Å². The van der Waals surface area contributed by atoms with Gasteiger partial charge in [-0.05, 0) is 26.2 Å². The van der Waals surface area contributed by atoms with E-state index in [1.54, 1.807) is 6.92 Å². The molecule has 0 aliphatic carbocycles. The first-order valence-electron chi connectivity index (χ1n) is 7.04. The van der Waals surface area contributed by atoms with Crippen molar-refractivity contribution < 1.29 is 24.1 Å². The zero-order valence-corrected chi connectivity index (χ0v) is 12.5. The lowest BCUT2D eigenvalue weighted by atomic mass is 9.96. The van der Waals surface area contributed by atoms with Crippen molar-refractivity contribution >= 4 is 11.8 Å². The number of hydrogen-bond acceptors (Lipinski definition) is 5. The summed E-state index contributed by atoms with van der Waals surface area (Å²) in [4.78, 5) is 33.3. The third-order valence-corrected chi connectivity index (χ3v) is 2.96. The Morgan fingerprint density at radius 1 is 1.00 bits per heavy atom. The van der Waals surface area contributed by atoms with Crippen LogP contribution >= 0.6 is 0 Å². The van der Waals surface area contributed by atoms with Crippen LogP contribution in [0.2, 0.25) is 0 Å². The Bertz CT molecular complexity index is 277. The normalized spacial score (nSPS) is 13.9. The molecule has 1 unspecified atom stereocenters. The van der Waals surface area contributed by atoms with E-state index in [1.165, 1.54) is 6.92 Å². The lowest BCUT2D eigenvalue weighted by Gasteiger charge is -2.26. The van der Waals surface area contributed by atoms with Crippen LogP contribution in [0.1, 0.15) is 59.8 Å². The molecule has 5 heteroatoms. The van der Waals surface area contributed by atoms with Crippen molar-refractivity contribution in [2.24, 2.45) is 0 Å². The summed E-state index contributed by atoms with van der Waals surface area (Å²) in [5, 5.41) is 0. The highest BCUT2D eigenvalue weighted by atomic mass is 17.2. The van der Waals surface area contributed by atoms with Gasteiger partial charge in [-0.3, -0.25) is 9.68 Å². The Kier molecular flexibility index (Phi) is 9.43. The molecule has 0 aromatic carbocycles. The number of ether oxygens (including phenoxy) is 1. The third-order valence-electron chi connectivity index (χ3n) is 2.96. The fourth-order valence-corrected chi connectivity index (χ4v) is 1.56. The van der Waals surface area contributed by atoms with Gasteiger partial charge in [0, 0.05) is 6.61 Å². The predicted molar refractivity (Wildman–Crippen MR) is 71.5 cm³/mol. The number of unbranched alkanes of at least 4 members (excludes halogenated alkanes) is 2. The Labute approximate surface area is 115 Å². The maximum absolute atomic E-state index is 12.0. The number of carbonyl (C=O) groups is 2. The molecule has 112 valence electrons. The Morgan fingerprint density at radius 2 is 1.58 bits per heavy atom. The molecule has 0 aliphatic heterocycles. The molecular formula is C14H26O5. The summed E-state index contributed by atoms with van der Waals surface area (Å²) in [6.45, 7) is 7.76. The smallest absolute Gasteiger partial charge is 0.356 e. The Hall–Kier alpha value is -0.940. The number of carbonyl (C=O) groups excluding carboxylic acids is 2. The van der Waals surface area contributed by atoms with Gasteiger partial charge in [-0.2, -0.15) is 4.89 Å². The van der Waals surface area contributed by atoms with Crippen molar-refractivity contribution in [3.05, 3.63) is 0 Å². The van der Waals surface area contributed by atoms with E-state index in [0.29, 0.717) is 13.2 Å². The van der Waals surface area contributed by atoms with Crippen LogP contribution in [-0.4, -0.2) is 30.6 Å². The molecule has 0 saturated heterocycles. The molecule has 0 N–H and O–H groups in total. The summed E-state index contributed by atoms with van der Waals surface area (Å²) in [6.07, 6.45) is 3.69. The zero-order chi connectivity index (χ0) is 14.7. The second kappa shape index (κ2) is 9.92. The highest BCUT2D eigenvalue weighted by Gasteiger charge is 2.45. The van der Waals surface area contributed by atoms with Crippen LogP contribution in [0.4, 0.5) is 0 Å². The van der Waals surface area contributed by atoms with Gasteiger partial charge in [0.1, 0.15) is 0 Å². The molecule has 0 aliphatic rings. The van der Waals surface area contributed by atoms with E-state index in [2.05, 4.69) is 0 Å². The Morgan fingerprint density at radius 3 is 2.05 bits per heavy atom. The van der Waals surface area contributed by atoms with Crippen molar-refractivity contribution in [1.82, 2.24) is 0 Å². The SMILES string of the molecule is CCCCOOC(=O)C(CC)(OCCCC)C(C)=O. The van der Waals surface area contributed by atoms with E-state index in [1.807, 2.05) is 13.8 Å². The lowest BCUT2D eigenvalue weighted by molar-refractivity contribution is -0.286. The van der Waals surface area contributed by atoms with Gasteiger partial charge >= 0.3 is 5.97 Å². The average Bonchev–Trinajstić information content (AvgIpc) is 2.39. The van der Waals surface area contributed by atoms with Crippen molar-refractivity contribution in [2.45, 2.75) is 65.4 Å². The molecule has 0 saturated carbocycles. The van der Waals surface area contributed by atoms with Crippen LogP contribution < -0.4 is 0 Å². The summed E-state index contributed by atoms with van der Waals surface area (Å²) in [5.41, 5.74) is -1.53. The van der Waals surface area contributed by atoms with E-state index < -0.39 is 11.6 Å². The lowest BCUT2D eigenvalue weighted by Crippen LogP contribution is -2.49. The molecule has 19 heavy (non-hydrogen) atoms. The van der Waals surface area contributed by atoms with Crippen LogP contribution in [0.5, 0.6) is 0 Å². The topological polar surface area (TPSA) is 61.8 Å². The molecular weight excluding hydrogens is 248 g/mol. The predicted octanol–water partition coefficient (Wildman–Crippen LogP) is 2.82. The highest BCUT2D eigenvalue weighted by molar-refractivity contribution is 6.06. The quantitative estimate of drug-likeness (QED) is 0.251. The molecule has 0 spiro atoms. The van der Waals surface area contributed by atoms with Gasteiger partial charge in [-0.15, -0.1) is 0 Å². The molecule has 0 bridgehead atoms. The first kappa shape index (κ1) is 18.1. The minimum Gasteiger partial charge on any atom is -0.356 e. The number of Topliss-reactive ketones (excluding diaryl/α,β-unsaturated/α-hetero) is 1. The van der Waals surface area contributed by atoms with Crippen LogP contribution in [-0.2, 0) is 24.1 Å². The molecule has 5 nitrogen and oxygen atoms in total. The van der Waals surface area contributed by atoms with Gasteiger partial charge in [-0.25, -0.2) is 4.79 Å². The largest absolute Gasteiger partial charge is 0.381 e. The molecule has 0 amide bonds. The minimum absolute atomic E-state index is 0.238. The summed E-state index contributed by atoms with van der Waals surface area (Å²) in [5.74, 6) is -1.11. The zero-order valence-electron chi connectivity index (χ0n) is 12.5. The standard InChI is InChI=1S/C14H26O5/c1-5-8-10-17-14(7-3,12(4)15)13(16)19-18-11-9-6-2/h5-11H2,1-4H3.